The van der Waals surface area contributed by atoms with Gasteiger partial charge in [-0.2, -0.15) is 0 Å². The molecule has 21 heavy (non-hydrogen) atoms. The molecular formula is C15H15BrClN3O. The molecule has 2 aromatic rings. The normalized spacial score (nSPS) is 10.3. The molecule has 1 aromatic carbocycles. The Bertz CT molecular complexity index is 656. The van der Waals surface area contributed by atoms with Crippen LogP contribution in [0.5, 0.6) is 0 Å². The van der Waals surface area contributed by atoms with Gasteiger partial charge in [0.2, 0.25) is 0 Å². The molecule has 0 spiro atoms. The lowest BCUT2D eigenvalue weighted by molar-refractivity contribution is 0.102. The largest absolute Gasteiger partial charge is 0.370 e. The van der Waals surface area contributed by atoms with Gasteiger partial charge in [0.15, 0.2) is 0 Å². The van der Waals surface area contributed by atoms with E-state index in [-0.39, 0.29) is 5.91 Å². The van der Waals surface area contributed by atoms with Gasteiger partial charge in [-0.25, -0.2) is 4.98 Å². The van der Waals surface area contributed by atoms with Crippen molar-refractivity contribution in [2.75, 3.05) is 17.2 Å². The number of nitrogens with zero attached hydrogens (tertiary/aromatic N) is 1. The monoisotopic (exact) mass is 367 g/mol. The number of benzene rings is 1. The zero-order valence-corrected chi connectivity index (χ0v) is 14.0. The van der Waals surface area contributed by atoms with E-state index in [0.29, 0.717) is 28.6 Å². The first-order valence-corrected chi connectivity index (χ1v) is 7.66. The number of aryl methyl sites for hydroxylation is 1. The van der Waals surface area contributed by atoms with E-state index in [2.05, 4.69) is 31.5 Å². The van der Waals surface area contributed by atoms with E-state index in [1.807, 2.05) is 26.0 Å². The quantitative estimate of drug-likeness (QED) is 0.836. The Morgan fingerprint density at radius 1 is 1.43 bits per heavy atom. The van der Waals surface area contributed by atoms with E-state index in [4.69, 9.17) is 11.6 Å². The summed E-state index contributed by atoms with van der Waals surface area (Å²) in [6.45, 7) is 4.52. The van der Waals surface area contributed by atoms with Crippen LogP contribution >= 0.6 is 27.5 Å². The lowest BCUT2D eigenvalue weighted by Gasteiger charge is -2.13. The van der Waals surface area contributed by atoms with Crippen LogP contribution in [0.15, 0.2) is 34.9 Å². The Balaban J connectivity index is 2.34. The number of amides is 1. The smallest absolute Gasteiger partial charge is 0.259 e. The summed E-state index contributed by atoms with van der Waals surface area (Å²) < 4.78 is 0.741. The Kier molecular flexibility index (Phi) is 5.20. The number of aromatic nitrogens is 1. The fraction of sp³-hybridized carbons (Fsp3) is 0.200. The minimum Gasteiger partial charge on any atom is -0.370 e. The SMILES string of the molecule is CCNc1ncc(Br)cc1C(=O)Nc1c(C)cccc1Cl. The lowest BCUT2D eigenvalue weighted by Crippen LogP contribution is -2.16. The molecule has 0 saturated heterocycles. The highest BCUT2D eigenvalue weighted by Crippen LogP contribution is 2.27. The lowest BCUT2D eigenvalue weighted by atomic mass is 10.1. The predicted octanol–water partition coefficient (Wildman–Crippen LogP) is 4.49. The van der Waals surface area contributed by atoms with Crippen LogP contribution in [0, 0.1) is 6.92 Å². The van der Waals surface area contributed by atoms with Gasteiger partial charge in [0, 0.05) is 17.2 Å². The number of carbonyl (C=O) groups excluding carboxylic acids is 1. The Morgan fingerprint density at radius 3 is 2.86 bits per heavy atom. The maximum Gasteiger partial charge on any atom is 0.259 e. The second kappa shape index (κ2) is 6.91. The van der Waals surface area contributed by atoms with Crippen molar-refractivity contribution in [2.24, 2.45) is 0 Å². The fourth-order valence-corrected chi connectivity index (χ4v) is 2.49. The van der Waals surface area contributed by atoms with Crippen LogP contribution in [-0.4, -0.2) is 17.4 Å². The fourth-order valence-electron chi connectivity index (χ4n) is 1.89. The Hall–Kier alpha value is -1.59. The van der Waals surface area contributed by atoms with Crippen molar-refractivity contribution in [3.05, 3.63) is 51.1 Å². The summed E-state index contributed by atoms with van der Waals surface area (Å²) in [6, 6.07) is 7.21. The molecule has 1 heterocycles. The van der Waals surface area contributed by atoms with Gasteiger partial charge >= 0.3 is 0 Å². The number of nitrogens with one attached hydrogen (secondary N) is 2. The maximum absolute atomic E-state index is 12.5. The summed E-state index contributed by atoms with van der Waals surface area (Å²) in [4.78, 5) is 16.7. The van der Waals surface area contributed by atoms with Gasteiger partial charge in [-0.1, -0.05) is 23.7 Å². The van der Waals surface area contributed by atoms with Crippen LogP contribution in [0.3, 0.4) is 0 Å². The second-order valence-electron chi connectivity index (χ2n) is 4.47. The van der Waals surface area contributed by atoms with Crippen LogP contribution in [-0.2, 0) is 0 Å². The van der Waals surface area contributed by atoms with Crippen molar-refractivity contribution >= 4 is 44.9 Å². The molecule has 1 amide bonds. The number of hydrogen-bond acceptors (Lipinski definition) is 3. The summed E-state index contributed by atoms with van der Waals surface area (Å²) in [6.07, 6.45) is 1.65. The van der Waals surface area contributed by atoms with E-state index >= 15 is 0 Å². The number of halogens is 2. The number of carbonyl (C=O) groups is 1. The third-order valence-electron chi connectivity index (χ3n) is 2.90. The van der Waals surface area contributed by atoms with Crippen molar-refractivity contribution in [3.63, 3.8) is 0 Å². The third kappa shape index (κ3) is 3.74. The highest BCUT2D eigenvalue weighted by Gasteiger charge is 2.15. The zero-order valence-electron chi connectivity index (χ0n) is 11.7. The summed E-state index contributed by atoms with van der Waals surface area (Å²) in [5.74, 6) is 0.291. The minimum atomic E-state index is -0.254. The van der Waals surface area contributed by atoms with Gasteiger partial charge in [0.1, 0.15) is 5.82 Å². The molecule has 0 atom stereocenters. The van der Waals surface area contributed by atoms with E-state index < -0.39 is 0 Å². The zero-order chi connectivity index (χ0) is 15.4. The number of para-hydroxylation sites is 1. The predicted molar refractivity (Wildman–Crippen MR) is 90.2 cm³/mol. The molecule has 0 aliphatic heterocycles. The number of hydrogen-bond donors (Lipinski definition) is 2. The Labute approximate surface area is 137 Å². The first-order chi connectivity index (χ1) is 10.0. The summed E-state index contributed by atoms with van der Waals surface area (Å²) in [7, 11) is 0. The first kappa shape index (κ1) is 15.8. The van der Waals surface area contributed by atoms with Crippen LogP contribution in [0.2, 0.25) is 5.02 Å². The van der Waals surface area contributed by atoms with Gasteiger partial charge < -0.3 is 10.6 Å². The summed E-state index contributed by atoms with van der Waals surface area (Å²) >= 11 is 9.47. The third-order valence-corrected chi connectivity index (χ3v) is 3.65. The van der Waals surface area contributed by atoms with Crippen LogP contribution in [0.1, 0.15) is 22.8 Å². The highest BCUT2D eigenvalue weighted by atomic mass is 79.9. The van der Waals surface area contributed by atoms with Gasteiger partial charge in [-0.3, -0.25) is 4.79 Å². The average Bonchev–Trinajstić information content (AvgIpc) is 2.45. The molecule has 110 valence electrons. The van der Waals surface area contributed by atoms with Gasteiger partial charge in [-0.15, -0.1) is 0 Å². The van der Waals surface area contributed by atoms with E-state index in [9.17, 15) is 4.79 Å². The Morgan fingerprint density at radius 2 is 2.19 bits per heavy atom. The average molecular weight is 369 g/mol. The molecule has 2 N–H and O–H groups in total. The molecule has 0 aliphatic rings. The molecule has 0 aliphatic carbocycles. The van der Waals surface area contributed by atoms with Crippen LogP contribution in [0.4, 0.5) is 11.5 Å². The van der Waals surface area contributed by atoms with E-state index in [1.54, 1.807) is 18.3 Å². The molecule has 0 radical (unpaired) electrons. The molecule has 6 heteroatoms. The molecular weight excluding hydrogens is 354 g/mol. The van der Waals surface area contributed by atoms with E-state index in [1.165, 1.54) is 0 Å². The number of anilines is 2. The summed E-state index contributed by atoms with van der Waals surface area (Å²) in [5.41, 5.74) is 1.99. The molecule has 1 aromatic heterocycles. The molecule has 0 saturated carbocycles. The number of rotatable bonds is 4. The molecule has 0 bridgehead atoms. The van der Waals surface area contributed by atoms with Crippen molar-refractivity contribution in [1.29, 1.82) is 0 Å². The van der Waals surface area contributed by atoms with Gasteiger partial charge in [0.25, 0.3) is 5.91 Å². The molecule has 4 nitrogen and oxygen atoms in total. The molecule has 2 rings (SSSR count). The highest BCUT2D eigenvalue weighted by molar-refractivity contribution is 9.10. The summed E-state index contributed by atoms with van der Waals surface area (Å²) in [5, 5.41) is 6.43. The second-order valence-corrected chi connectivity index (χ2v) is 5.79. The van der Waals surface area contributed by atoms with Crippen LogP contribution in [0.25, 0.3) is 0 Å². The van der Waals surface area contributed by atoms with Crippen molar-refractivity contribution < 1.29 is 4.79 Å². The topological polar surface area (TPSA) is 54.0 Å². The van der Waals surface area contributed by atoms with Gasteiger partial charge in [0.05, 0.1) is 16.3 Å². The van der Waals surface area contributed by atoms with Crippen molar-refractivity contribution in [1.82, 2.24) is 4.98 Å². The minimum absolute atomic E-state index is 0.254. The van der Waals surface area contributed by atoms with Crippen molar-refractivity contribution in [3.8, 4) is 0 Å². The first-order valence-electron chi connectivity index (χ1n) is 6.48. The van der Waals surface area contributed by atoms with Gasteiger partial charge in [-0.05, 0) is 47.5 Å². The van der Waals surface area contributed by atoms with Crippen LogP contribution < -0.4 is 10.6 Å². The standard InChI is InChI=1S/C15H15BrClN3O/c1-3-18-14-11(7-10(16)8-19-14)15(21)20-13-9(2)5-4-6-12(13)17/h4-8H,3H2,1-2H3,(H,18,19)(H,20,21). The maximum atomic E-state index is 12.5. The van der Waals surface area contributed by atoms with Crippen molar-refractivity contribution in [2.45, 2.75) is 13.8 Å². The molecule has 0 unspecified atom stereocenters. The number of pyridine rings is 1. The van der Waals surface area contributed by atoms with E-state index in [0.717, 1.165) is 10.0 Å². The molecule has 0 fully saturated rings.